The first-order valence-corrected chi connectivity index (χ1v) is 4.62. The zero-order valence-electron chi connectivity index (χ0n) is 7.38. The summed E-state index contributed by atoms with van der Waals surface area (Å²) in [6, 6.07) is 0.373. The highest BCUT2D eigenvalue weighted by Crippen LogP contribution is 2.20. The highest BCUT2D eigenvalue weighted by molar-refractivity contribution is 4.65. The monoisotopic (exact) mass is 157 g/mol. The van der Waals surface area contributed by atoms with Gasteiger partial charge in [-0.3, -0.25) is 0 Å². The third-order valence-corrected chi connectivity index (χ3v) is 2.37. The fraction of sp³-hybridized carbons (Fsp3) is 1.00. The molecule has 1 aliphatic rings. The molecule has 1 heterocycles. The van der Waals surface area contributed by atoms with Crippen molar-refractivity contribution >= 4 is 0 Å². The van der Waals surface area contributed by atoms with E-state index in [1.165, 1.54) is 25.7 Å². The van der Waals surface area contributed by atoms with E-state index in [-0.39, 0.29) is 0 Å². The summed E-state index contributed by atoms with van der Waals surface area (Å²) in [7, 11) is 0. The Morgan fingerprint density at radius 1 is 1.45 bits per heavy atom. The first-order chi connectivity index (χ1) is 5.29. The zero-order chi connectivity index (χ0) is 8.10. The average Bonchev–Trinajstić information content (AvgIpc) is 2.03. The second kappa shape index (κ2) is 4.73. The van der Waals surface area contributed by atoms with Gasteiger partial charge in [-0.15, -0.1) is 0 Å². The summed E-state index contributed by atoms with van der Waals surface area (Å²) in [4.78, 5) is 0. The number of hydrogen-bond donors (Lipinski definition) is 1. The Morgan fingerprint density at radius 2 is 2.09 bits per heavy atom. The molecule has 2 heteroatoms. The Labute approximate surface area is 69.1 Å². The summed E-state index contributed by atoms with van der Waals surface area (Å²) >= 11 is 0. The predicted octanol–water partition coefficient (Wildman–Crippen LogP) is 1.54. The molecule has 1 aliphatic heterocycles. The van der Waals surface area contributed by atoms with Crippen molar-refractivity contribution in [3.8, 4) is 0 Å². The minimum absolute atomic E-state index is 0.373. The molecule has 11 heavy (non-hydrogen) atoms. The fourth-order valence-electron chi connectivity index (χ4n) is 1.53. The van der Waals surface area contributed by atoms with Crippen molar-refractivity contribution in [2.75, 3.05) is 13.2 Å². The van der Waals surface area contributed by atoms with Gasteiger partial charge in [-0.05, 0) is 38.5 Å². The molecule has 0 aromatic carbocycles. The van der Waals surface area contributed by atoms with Crippen molar-refractivity contribution in [3.63, 3.8) is 0 Å². The number of hydrogen-bond acceptors (Lipinski definition) is 2. The molecular weight excluding hydrogens is 138 g/mol. The predicted molar refractivity (Wildman–Crippen MR) is 46.4 cm³/mol. The molecule has 0 saturated carbocycles. The Hall–Kier alpha value is -0.0800. The van der Waals surface area contributed by atoms with E-state index in [2.05, 4.69) is 6.92 Å². The third kappa shape index (κ3) is 3.73. The van der Waals surface area contributed by atoms with E-state index >= 15 is 0 Å². The average molecular weight is 157 g/mol. The second-order valence-electron chi connectivity index (χ2n) is 3.61. The summed E-state index contributed by atoms with van der Waals surface area (Å²) < 4.78 is 5.28. The van der Waals surface area contributed by atoms with Crippen LogP contribution in [0.5, 0.6) is 0 Å². The largest absolute Gasteiger partial charge is 0.381 e. The van der Waals surface area contributed by atoms with E-state index in [0.717, 1.165) is 19.1 Å². The molecule has 0 aromatic heterocycles. The van der Waals surface area contributed by atoms with Crippen LogP contribution in [-0.2, 0) is 4.74 Å². The summed E-state index contributed by atoms with van der Waals surface area (Å²) in [5.41, 5.74) is 5.68. The lowest BCUT2D eigenvalue weighted by Crippen LogP contribution is -2.20. The van der Waals surface area contributed by atoms with E-state index in [9.17, 15) is 0 Å². The van der Waals surface area contributed by atoms with Crippen LogP contribution < -0.4 is 5.73 Å². The van der Waals surface area contributed by atoms with Crippen LogP contribution in [-0.4, -0.2) is 19.3 Å². The minimum atomic E-state index is 0.373. The van der Waals surface area contributed by atoms with Crippen LogP contribution in [0.4, 0.5) is 0 Å². The van der Waals surface area contributed by atoms with E-state index < -0.39 is 0 Å². The van der Waals surface area contributed by atoms with Gasteiger partial charge in [-0.25, -0.2) is 0 Å². The quantitative estimate of drug-likeness (QED) is 0.674. The highest BCUT2D eigenvalue weighted by atomic mass is 16.5. The van der Waals surface area contributed by atoms with Crippen molar-refractivity contribution in [2.45, 2.75) is 38.6 Å². The van der Waals surface area contributed by atoms with Crippen LogP contribution in [0.25, 0.3) is 0 Å². The topological polar surface area (TPSA) is 35.2 Å². The van der Waals surface area contributed by atoms with Gasteiger partial charge in [0.25, 0.3) is 0 Å². The van der Waals surface area contributed by atoms with Gasteiger partial charge >= 0.3 is 0 Å². The Bertz CT molecular complexity index is 97.7. The van der Waals surface area contributed by atoms with Gasteiger partial charge in [-0.2, -0.15) is 0 Å². The van der Waals surface area contributed by atoms with Crippen molar-refractivity contribution < 1.29 is 4.74 Å². The molecule has 0 unspecified atom stereocenters. The molecule has 1 saturated heterocycles. The summed E-state index contributed by atoms with van der Waals surface area (Å²) in [5.74, 6) is 0.884. The second-order valence-corrected chi connectivity index (χ2v) is 3.61. The van der Waals surface area contributed by atoms with E-state index in [4.69, 9.17) is 10.5 Å². The van der Waals surface area contributed by atoms with Gasteiger partial charge in [0.15, 0.2) is 0 Å². The van der Waals surface area contributed by atoms with E-state index in [1.807, 2.05) is 0 Å². The van der Waals surface area contributed by atoms with E-state index in [0.29, 0.717) is 6.04 Å². The number of nitrogens with two attached hydrogens (primary N) is 1. The molecule has 1 rings (SSSR count). The van der Waals surface area contributed by atoms with Crippen molar-refractivity contribution in [1.82, 2.24) is 0 Å². The Balaban J connectivity index is 2.05. The van der Waals surface area contributed by atoms with Gasteiger partial charge < -0.3 is 10.5 Å². The summed E-state index contributed by atoms with van der Waals surface area (Å²) in [6.07, 6.45) is 4.95. The van der Waals surface area contributed by atoms with Crippen LogP contribution in [0.2, 0.25) is 0 Å². The van der Waals surface area contributed by atoms with Gasteiger partial charge in [0, 0.05) is 19.3 Å². The van der Waals surface area contributed by atoms with Crippen LogP contribution in [0, 0.1) is 5.92 Å². The maximum absolute atomic E-state index is 5.68. The number of rotatable bonds is 3. The van der Waals surface area contributed by atoms with E-state index in [1.54, 1.807) is 0 Å². The molecule has 1 fully saturated rings. The SMILES string of the molecule is C[C@@H](N)CCC1CCOCC1. The van der Waals surface area contributed by atoms with Crippen molar-refractivity contribution in [3.05, 3.63) is 0 Å². The Morgan fingerprint density at radius 3 is 2.64 bits per heavy atom. The zero-order valence-corrected chi connectivity index (χ0v) is 7.38. The number of ether oxygens (including phenoxy) is 1. The lowest BCUT2D eigenvalue weighted by atomic mass is 9.93. The molecule has 66 valence electrons. The molecule has 0 radical (unpaired) electrons. The normalized spacial score (nSPS) is 23.5. The van der Waals surface area contributed by atoms with Gasteiger partial charge in [0.2, 0.25) is 0 Å². The fourth-order valence-corrected chi connectivity index (χ4v) is 1.53. The molecule has 0 spiro atoms. The van der Waals surface area contributed by atoms with Crippen LogP contribution >= 0.6 is 0 Å². The van der Waals surface area contributed by atoms with Crippen LogP contribution in [0.15, 0.2) is 0 Å². The van der Waals surface area contributed by atoms with Crippen LogP contribution in [0.1, 0.15) is 32.6 Å². The molecular formula is C9H19NO. The van der Waals surface area contributed by atoms with Gasteiger partial charge in [-0.1, -0.05) is 0 Å². The third-order valence-electron chi connectivity index (χ3n) is 2.37. The molecule has 0 aromatic rings. The molecule has 2 N–H and O–H groups in total. The molecule has 0 amide bonds. The maximum Gasteiger partial charge on any atom is 0.0468 e. The molecule has 0 aliphatic carbocycles. The summed E-state index contributed by atoms with van der Waals surface area (Å²) in [5, 5.41) is 0. The smallest absolute Gasteiger partial charge is 0.0468 e. The van der Waals surface area contributed by atoms with Crippen molar-refractivity contribution in [2.24, 2.45) is 11.7 Å². The first kappa shape index (κ1) is 9.01. The van der Waals surface area contributed by atoms with Crippen molar-refractivity contribution in [1.29, 1.82) is 0 Å². The maximum atomic E-state index is 5.68. The highest BCUT2D eigenvalue weighted by Gasteiger charge is 2.13. The first-order valence-electron chi connectivity index (χ1n) is 4.62. The minimum Gasteiger partial charge on any atom is -0.381 e. The molecule has 1 atom stereocenters. The molecule has 2 nitrogen and oxygen atoms in total. The summed E-state index contributed by atoms with van der Waals surface area (Å²) in [6.45, 7) is 4.01. The molecule has 0 bridgehead atoms. The lowest BCUT2D eigenvalue weighted by molar-refractivity contribution is 0.0629. The van der Waals surface area contributed by atoms with Crippen LogP contribution in [0.3, 0.4) is 0 Å². The van der Waals surface area contributed by atoms with Gasteiger partial charge in [0.1, 0.15) is 0 Å². The Kier molecular flexibility index (Phi) is 3.87. The lowest BCUT2D eigenvalue weighted by Gasteiger charge is -2.22. The van der Waals surface area contributed by atoms with Gasteiger partial charge in [0.05, 0.1) is 0 Å². The standard InChI is InChI=1S/C9H19NO/c1-8(10)2-3-9-4-6-11-7-5-9/h8-9H,2-7,10H2,1H3/t8-/m1/s1.